The van der Waals surface area contributed by atoms with Gasteiger partial charge in [0, 0.05) is 17.5 Å². The molecule has 3 aromatic rings. The zero-order chi connectivity index (χ0) is 20.7. The van der Waals surface area contributed by atoms with Crippen LogP contribution in [0.3, 0.4) is 0 Å². The quantitative estimate of drug-likeness (QED) is 0.549. The van der Waals surface area contributed by atoms with Crippen molar-refractivity contribution in [2.24, 2.45) is 0 Å². The van der Waals surface area contributed by atoms with Crippen LogP contribution in [0.4, 0.5) is 9.18 Å². The number of ether oxygens (including phenoxy) is 2. The number of amides is 2. The minimum absolute atomic E-state index is 0.0131. The van der Waals surface area contributed by atoms with Crippen LogP contribution in [0.1, 0.15) is 21.6 Å². The molecule has 148 valence electrons. The molecular weight excluding hydrogens is 381 g/mol. The fraction of sp³-hybridized carbons (Fsp3) is 0.150. The zero-order valence-electron chi connectivity index (χ0n) is 15.5. The van der Waals surface area contributed by atoms with Gasteiger partial charge in [0.15, 0.2) is 17.2 Å². The minimum Gasteiger partial charge on any atom is -0.493 e. The number of methoxy groups -OCH3 is 2. The number of carbonyl (C=O) groups excluding carboxylic acids is 1. The summed E-state index contributed by atoms with van der Waals surface area (Å²) in [6.07, 6.45) is -1.12. The van der Waals surface area contributed by atoms with Crippen molar-refractivity contribution in [3.8, 4) is 28.4 Å². The molecule has 0 atom stereocenters. The summed E-state index contributed by atoms with van der Waals surface area (Å²) in [4.78, 5) is 23.4. The summed E-state index contributed by atoms with van der Waals surface area (Å²) in [6.45, 7) is 0. The van der Waals surface area contributed by atoms with E-state index in [4.69, 9.17) is 14.6 Å². The SMILES string of the molecule is COc1cc2c(cc1OC)-c1c(c(C(=O)NC(=O)O)nn1-c1ccc(F)cc1)C2. The van der Waals surface area contributed by atoms with Gasteiger partial charge in [-0.15, -0.1) is 0 Å². The van der Waals surface area contributed by atoms with Gasteiger partial charge in [-0.05, 0) is 42.0 Å². The second-order valence-corrected chi connectivity index (χ2v) is 6.36. The second kappa shape index (κ2) is 6.93. The van der Waals surface area contributed by atoms with Crippen LogP contribution in [0.25, 0.3) is 16.9 Å². The highest BCUT2D eigenvalue weighted by atomic mass is 19.1. The first-order chi connectivity index (χ1) is 13.9. The van der Waals surface area contributed by atoms with E-state index in [0.29, 0.717) is 34.9 Å². The third-order valence-corrected chi connectivity index (χ3v) is 4.72. The van der Waals surface area contributed by atoms with E-state index in [1.165, 1.54) is 43.2 Å². The topological polar surface area (TPSA) is 103 Å². The van der Waals surface area contributed by atoms with Crippen LogP contribution in [0.15, 0.2) is 36.4 Å². The predicted octanol–water partition coefficient (Wildman–Crippen LogP) is 3.01. The number of nitrogens with zero attached hydrogens (tertiary/aromatic N) is 2. The monoisotopic (exact) mass is 397 g/mol. The molecule has 0 fully saturated rings. The van der Waals surface area contributed by atoms with Crippen LogP contribution in [-0.2, 0) is 6.42 Å². The number of hydrogen-bond donors (Lipinski definition) is 2. The Morgan fingerprint density at radius 2 is 1.79 bits per heavy atom. The van der Waals surface area contributed by atoms with Crippen LogP contribution in [0, 0.1) is 5.82 Å². The number of fused-ring (bicyclic) bond motifs is 3. The Hall–Kier alpha value is -3.88. The first-order valence-electron chi connectivity index (χ1n) is 8.60. The average molecular weight is 397 g/mol. The number of imide groups is 1. The highest BCUT2D eigenvalue weighted by molar-refractivity contribution is 6.04. The van der Waals surface area contributed by atoms with E-state index >= 15 is 0 Å². The summed E-state index contributed by atoms with van der Waals surface area (Å²) < 4.78 is 25.6. The van der Waals surface area contributed by atoms with Crippen molar-refractivity contribution in [2.45, 2.75) is 6.42 Å². The molecule has 1 aromatic heterocycles. The van der Waals surface area contributed by atoms with E-state index in [9.17, 15) is 14.0 Å². The number of carboxylic acid groups (broad SMARTS) is 1. The lowest BCUT2D eigenvalue weighted by Gasteiger charge is -2.12. The molecule has 0 bridgehead atoms. The fourth-order valence-corrected chi connectivity index (χ4v) is 3.48. The average Bonchev–Trinajstić information content (AvgIpc) is 3.23. The van der Waals surface area contributed by atoms with Gasteiger partial charge in [0.2, 0.25) is 0 Å². The molecule has 9 heteroatoms. The van der Waals surface area contributed by atoms with Crippen molar-refractivity contribution in [2.75, 3.05) is 14.2 Å². The first kappa shape index (κ1) is 18.5. The molecule has 0 unspecified atom stereocenters. The minimum atomic E-state index is -1.47. The van der Waals surface area contributed by atoms with Gasteiger partial charge in [-0.2, -0.15) is 5.10 Å². The number of benzene rings is 2. The van der Waals surface area contributed by atoms with E-state index < -0.39 is 17.8 Å². The van der Waals surface area contributed by atoms with Crippen molar-refractivity contribution < 1.29 is 28.6 Å². The molecule has 8 nitrogen and oxygen atoms in total. The molecule has 4 rings (SSSR count). The van der Waals surface area contributed by atoms with E-state index in [0.717, 1.165) is 11.1 Å². The molecule has 0 saturated carbocycles. The summed E-state index contributed by atoms with van der Waals surface area (Å²) in [7, 11) is 3.04. The maximum Gasteiger partial charge on any atom is 0.411 e. The number of halogens is 1. The Labute approximate surface area is 164 Å². The lowest BCUT2D eigenvalue weighted by molar-refractivity contribution is 0.0942. The van der Waals surface area contributed by atoms with Gasteiger partial charge in [0.25, 0.3) is 5.91 Å². The van der Waals surface area contributed by atoms with Gasteiger partial charge in [0.1, 0.15) is 5.82 Å². The van der Waals surface area contributed by atoms with Crippen LogP contribution in [-0.4, -0.2) is 41.1 Å². The predicted molar refractivity (Wildman–Crippen MR) is 100 cm³/mol. The van der Waals surface area contributed by atoms with Gasteiger partial charge < -0.3 is 14.6 Å². The van der Waals surface area contributed by atoms with Crippen LogP contribution >= 0.6 is 0 Å². The lowest BCUT2D eigenvalue weighted by atomic mass is 10.1. The Morgan fingerprint density at radius 3 is 2.41 bits per heavy atom. The summed E-state index contributed by atoms with van der Waals surface area (Å²) >= 11 is 0. The van der Waals surface area contributed by atoms with Crippen molar-refractivity contribution in [3.05, 3.63) is 59.0 Å². The number of aromatic nitrogens is 2. The first-order valence-corrected chi connectivity index (χ1v) is 8.60. The normalized spacial score (nSPS) is 11.6. The standard InChI is InChI=1S/C20H16FN3O5/c1-28-15-8-10-7-14-17(19(25)22-20(26)27)23-24(12-5-3-11(21)4-6-12)18(14)13(10)9-16(15)29-2/h3-6,8-9H,7H2,1-2H3,(H,22,25)(H,26,27). The maximum atomic E-state index is 13.4. The van der Waals surface area contributed by atoms with E-state index in [2.05, 4.69) is 5.10 Å². The molecule has 2 N–H and O–H groups in total. The van der Waals surface area contributed by atoms with E-state index in [-0.39, 0.29) is 5.69 Å². The van der Waals surface area contributed by atoms with Gasteiger partial charge in [-0.25, -0.2) is 13.9 Å². The Morgan fingerprint density at radius 1 is 1.14 bits per heavy atom. The van der Waals surface area contributed by atoms with Crippen molar-refractivity contribution in [1.29, 1.82) is 0 Å². The largest absolute Gasteiger partial charge is 0.493 e. The molecule has 0 spiro atoms. The highest BCUT2D eigenvalue weighted by Gasteiger charge is 2.32. The van der Waals surface area contributed by atoms with Crippen molar-refractivity contribution >= 4 is 12.0 Å². The summed E-state index contributed by atoms with van der Waals surface area (Å²) in [6, 6.07) is 9.21. The number of carbonyl (C=O) groups is 2. The number of nitrogens with one attached hydrogen (secondary N) is 1. The fourth-order valence-electron chi connectivity index (χ4n) is 3.48. The molecule has 2 aromatic carbocycles. The molecule has 0 saturated heterocycles. The molecule has 0 aliphatic heterocycles. The van der Waals surface area contributed by atoms with Gasteiger partial charge in [0.05, 0.1) is 25.6 Å². The molecule has 2 amide bonds. The van der Waals surface area contributed by atoms with Gasteiger partial charge >= 0.3 is 6.09 Å². The third kappa shape index (κ3) is 3.06. The summed E-state index contributed by atoms with van der Waals surface area (Å²) in [5.41, 5.74) is 3.33. The number of rotatable bonds is 4. The van der Waals surface area contributed by atoms with Crippen LogP contribution < -0.4 is 14.8 Å². The van der Waals surface area contributed by atoms with Crippen molar-refractivity contribution in [3.63, 3.8) is 0 Å². The number of hydrogen-bond acceptors (Lipinski definition) is 5. The highest BCUT2D eigenvalue weighted by Crippen LogP contribution is 2.44. The molecular formula is C20H16FN3O5. The molecule has 1 aliphatic rings. The smallest absolute Gasteiger partial charge is 0.411 e. The maximum absolute atomic E-state index is 13.4. The zero-order valence-corrected chi connectivity index (χ0v) is 15.5. The molecule has 0 radical (unpaired) electrons. The Bertz CT molecular complexity index is 1140. The Kier molecular flexibility index (Phi) is 4.42. The van der Waals surface area contributed by atoms with E-state index in [1.54, 1.807) is 6.07 Å². The van der Waals surface area contributed by atoms with Crippen LogP contribution in [0.2, 0.25) is 0 Å². The third-order valence-electron chi connectivity index (χ3n) is 4.72. The second-order valence-electron chi connectivity index (χ2n) is 6.36. The summed E-state index contributed by atoms with van der Waals surface area (Å²) in [5, 5.41) is 15.1. The molecule has 1 aliphatic carbocycles. The molecule has 1 heterocycles. The lowest BCUT2D eigenvalue weighted by Crippen LogP contribution is -2.29. The van der Waals surface area contributed by atoms with Gasteiger partial charge in [-0.3, -0.25) is 10.1 Å². The van der Waals surface area contributed by atoms with Gasteiger partial charge in [-0.1, -0.05) is 0 Å². The molecule has 29 heavy (non-hydrogen) atoms. The summed E-state index contributed by atoms with van der Waals surface area (Å²) in [5.74, 6) is -0.203. The van der Waals surface area contributed by atoms with Crippen molar-refractivity contribution in [1.82, 2.24) is 15.1 Å². The Balaban J connectivity index is 1.94. The van der Waals surface area contributed by atoms with Crippen LogP contribution in [0.5, 0.6) is 11.5 Å². The van der Waals surface area contributed by atoms with E-state index in [1.807, 2.05) is 11.4 Å².